The van der Waals surface area contributed by atoms with Crippen molar-refractivity contribution in [2.45, 2.75) is 584 Å². The number of hydrogen-bond acceptors (Lipinski definition) is 0. The molecule has 0 aromatic rings. The topological polar surface area (TPSA) is 63.0 Å². The molecule has 0 spiro atoms. The van der Waals surface area contributed by atoms with Crippen LogP contribution in [0, 0.1) is 166 Å². The van der Waals surface area contributed by atoms with E-state index in [0.717, 1.165) is 166 Å². The SMILES string of the molecule is CCCC1CCC(C2CCC(C)CC2)CC1.CCCC1CCC(C2CCC(C3CCC(C)CC3)CC2)CC1.CCCC1CCC(C2CCC(C3CCC(CCC)CC3)CC2)CC1.CCCC1CCC(C2CCC(CC)CC2)CC1.CCCCCC1CCC(C2CCC(CC)CC2)CC1.CCCCCC1CCC(C2CCC(CCC)CC2)CC1.O.O.[HH].[HH].[HH].[HH].[HH].[HH].[HH].[HH].[HH].[HH].[HH].[HH]. The molecule has 4 N–H and O–H groups in total. The van der Waals surface area contributed by atoms with E-state index in [2.05, 4.69) is 83.1 Å². The number of unbranched alkanes of at least 4 members (excludes halogenated alkanes) is 4. The molecule has 14 fully saturated rings. The van der Waals surface area contributed by atoms with Crippen molar-refractivity contribution in [3.05, 3.63) is 0 Å². The highest BCUT2D eigenvalue weighted by molar-refractivity contribution is 4.91. The molecule has 0 aromatic heterocycles. The van der Waals surface area contributed by atoms with Crippen LogP contribution in [-0.4, -0.2) is 11.0 Å². The molecule has 732 valence electrons. The van der Waals surface area contributed by atoms with Gasteiger partial charge in [0.1, 0.15) is 0 Å². The van der Waals surface area contributed by atoms with Crippen LogP contribution in [0.2, 0.25) is 0 Å². The summed E-state index contributed by atoms with van der Waals surface area (Å²) in [7, 11) is 0. The van der Waals surface area contributed by atoms with E-state index in [4.69, 9.17) is 0 Å². The van der Waals surface area contributed by atoms with E-state index in [1.807, 2.05) is 0 Å². The van der Waals surface area contributed by atoms with Gasteiger partial charge in [0.15, 0.2) is 0 Å². The summed E-state index contributed by atoms with van der Waals surface area (Å²) < 4.78 is 0. The summed E-state index contributed by atoms with van der Waals surface area (Å²) in [6.45, 7) is 28.4. The van der Waals surface area contributed by atoms with Gasteiger partial charge < -0.3 is 11.0 Å². The number of hydrogen-bond donors (Lipinski definition) is 0. The summed E-state index contributed by atoms with van der Waals surface area (Å²) in [5.41, 5.74) is 0. The zero-order valence-electron chi connectivity index (χ0n) is 84.3. The molecule has 0 unspecified atom stereocenters. The quantitative estimate of drug-likeness (QED) is 0.0644. The highest BCUT2D eigenvalue weighted by Gasteiger charge is 2.40. The Morgan fingerprint density at radius 3 is 0.375 bits per heavy atom. The minimum atomic E-state index is 0. The molecule has 14 aliphatic rings. The molecule has 0 amide bonds. The van der Waals surface area contributed by atoms with Crippen molar-refractivity contribution in [2.75, 3.05) is 0 Å². The summed E-state index contributed by atoms with van der Waals surface area (Å²) in [6, 6.07) is 0. The predicted octanol–water partition coefficient (Wildman–Crippen LogP) is 41.3. The minimum Gasteiger partial charge on any atom is -0.412 e. The lowest BCUT2D eigenvalue weighted by Gasteiger charge is -2.41. The van der Waals surface area contributed by atoms with E-state index in [1.54, 1.807) is 308 Å². The minimum absolute atomic E-state index is 0. The molecule has 0 bridgehead atoms. The molecule has 14 aliphatic carbocycles. The van der Waals surface area contributed by atoms with Crippen LogP contribution in [0.1, 0.15) is 601 Å². The lowest BCUT2D eigenvalue weighted by molar-refractivity contribution is 0.102. The third-order valence-corrected chi connectivity index (χ3v) is 39.8. The Kier molecular flexibility index (Phi) is 56.2. The average molecular weight is 1700 g/mol. The molecule has 120 heavy (non-hydrogen) atoms. The van der Waals surface area contributed by atoms with E-state index < -0.39 is 0 Å². The Morgan fingerprint density at radius 2 is 0.250 bits per heavy atom. The van der Waals surface area contributed by atoms with Gasteiger partial charge in [0, 0.05) is 17.1 Å². The Hall–Kier alpha value is -0.0800. The first-order valence-electron chi connectivity index (χ1n) is 57.8. The van der Waals surface area contributed by atoms with Gasteiger partial charge in [-0.05, 0) is 371 Å². The standard InChI is InChI=1S/C24H44.C22H40.C20H38.C19H36.C17H32.C16H30.2H2O.12H2/c1-3-5-19-7-11-21(12-8-19)23-15-17-24(18-16-23)22-13-9-20(6-4-2)10-14-22;1-3-4-18-7-11-20(12-8-18)22-15-13-21(14-16-22)19-9-5-17(2)6-10-19;1-3-5-6-8-18-11-15-20(16-12-18)19-13-9-17(7-4-2)10-14-19;1-3-5-6-7-17-10-14-19(15-11-17)18-12-8-16(4-2)9-13-18;1-3-5-15-8-12-17(13-9-15)16-10-6-14(4-2)7-11-16;1-3-4-14-7-11-16(12-8-14)15-9-5-13(2)6-10-15;;;;;;;;;;;;;;/h19-24H,3-18H2,1-2H3;17-22H,3-16H2,1-2H3;17-20H,3-16H2,1-2H3;16-19H,3-15H2,1-2H3;14-17H,3-13H2,1-2H3;13-16H,3-12H2,1-2H3;2*1H2;12*1H. The van der Waals surface area contributed by atoms with Gasteiger partial charge in [-0.1, -0.05) is 378 Å². The first-order valence-corrected chi connectivity index (χ1v) is 57.8. The van der Waals surface area contributed by atoms with Gasteiger partial charge in [-0.3, -0.25) is 0 Å². The maximum absolute atomic E-state index is 2.46. The maximum Gasteiger partial charge on any atom is 0 e. The van der Waals surface area contributed by atoms with Crippen LogP contribution >= 0.6 is 0 Å². The molecule has 14 rings (SSSR count). The summed E-state index contributed by atoms with van der Waals surface area (Å²) in [6.07, 6.45) is 119. The Labute approximate surface area is 773 Å². The van der Waals surface area contributed by atoms with E-state index in [1.165, 1.54) is 193 Å². The molecule has 0 aliphatic heterocycles. The Bertz CT molecular complexity index is 2300. The lowest BCUT2D eigenvalue weighted by atomic mass is 9.64. The Balaban J connectivity index is -0.000000355. The fourth-order valence-corrected chi connectivity index (χ4v) is 31.2. The molecule has 2 nitrogen and oxygen atoms in total. The van der Waals surface area contributed by atoms with Gasteiger partial charge in [-0.25, -0.2) is 0 Å². The second-order valence-corrected chi connectivity index (χ2v) is 47.7. The van der Waals surface area contributed by atoms with E-state index in [9.17, 15) is 0 Å². The lowest BCUT2D eigenvalue weighted by Crippen LogP contribution is -2.29. The largest absolute Gasteiger partial charge is 0.412 e. The van der Waals surface area contributed by atoms with Gasteiger partial charge in [-0.15, -0.1) is 0 Å². The second kappa shape index (κ2) is 63.1. The van der Waals surface area contributed by atoms with E-state index >= 15 is 0 Å². The van der Waals surface area contributed by atoms with Crippen molar-refractivity contribution in [2.24, 2.45) is 166 Å². The van der Waals surface area contributed by atoms with Crippen LogP contribution in [0.3, 0.4) is 0 Å². The highest BCUT2D eigenvalue weighted by atomic mass is 16.0. The summed E-state index contributed by atoms with van der Waals surface area (Å²) in [5, 5.41) is 0. The van der Waals surface area contributed by atoms with Crippen molar-refractivity contribution >= 4 is 0 Å². The van der Waals surface area contributed by atoms with Crippen LogP contribution in [-0.2, 0) is 0 Å². The van der Waals surface area contributed by atoms with Gasteiger partial charge in [0.2, 0.25) is 0 Å². The molecule has 0 saturated heterocycles. The highest BCUT2D eigenvalue weighted by Crippen LogP contribution is 2.52. The molecular weight excluding hydrogens is 1450 g/mol. The molecule has 0 radical (unpaired) electrons. The van der Waals surface area contributed by atoms with Crippen molar-refractivity contribution in [3.63, 3.8) is 0 Å². The summed E-state index contributed by atoms with van der Waals surface area (Å²) in [5.74, 6) is 30.7. The van der Waals surface area contributed by atoms with Crippen molar-refractivity contribution in [1.29, 1.82) is 0 Å². The average Bonchev–Trinajstić information content (AvgIpc) is 0.815. The zero-order chi connectivity index (χ0) is 83.3. The first-order chi connectivity index (χ1) is 57.8. The third kappa shape index (κ3) is 38.8. The van der Waals surface area contributed by atoms with Crippen LogP contribution < -0.4 is 0 Å². The molecule has 0 heterocycles. The normalized spacial score (nSPS) is 38.9. The van der Waals surface area contributed by atoms with Crippen molar-refractivity contribution in [1.82, 2.24) is 0 Å². The number of rotatable bonds is 30. The molecule has 14 saturated carbocycles. The monoisotopic (exact) mass is 1700 g/mol. The fourth-order valence-electron chi connectivity index (χ4n) is 31.2. The van der Waals surface area contributed by atoms with Gasteiger partial charge in [-0.2, -0.15) is 0 Å². The Morgan fingerprint density at radius 1 is 0.133 bits per heavy atom. The molecule has 0 aromatic carbocycles. The van der Waals surface area contributed by atoms with Crippen LogP contribution in [0.25, 0.3) is 0 Å². The van der Waals surface area contributed by atoms with E-state index in [-0.39, 0.29) is 28.1 Å². The van der Waals surface area contributed by atoms with Crippen molar-refractivity contribution in [3.8, 4) is 0 Å². The van der Waals surface area contributed by atoms with Crippen LogP contribution in [0.5, 0.6) is 0 Å². The summed E-state index contributed by atoms with van der Waals surface area (Å²) in [4.78, 5) is 0. The van der Waals surface area contributed by atoms with Crippen LogP contribution in [0.4, 0.5) is 0 Å². The second-order valence-electron chi connectivity index (χ2n) is 47.7. The van der Waals surface area contributed by atoms with Gasteiger partial charge in [0.25, 0.3) is 0 Å². The van der Waals surface area contributed by atoms with E-state index in [0.29, 0.717) is 0 Å². The zero-order valence-corrected chi connectivity index (χ0v) is 84.3. The van der Waals surface area contributed by atoms with Gasteiger partial charge in [0.05, 0.1) is 0 Å². The smallest absolute Gasteiger partial charge is 0 e. The summed E-state index contributed by atoms with van der Waals surface area (Å²) >= 11 is 0. The maximum atomic E-state index is 2.46. The molecule has 0 atom stereocenters. The molecular formula is C118H248O2. The first kappa shape index (κ1) is 107. The molecule has 2 heteroatoms. The van der Waals surface area contributed by atoms with Crippen LogP contribution in [0.15, 0.2) is 0 Å². The third-order valence-electron chi connectivity index (χ3n) is 39.8. The fraction of sp³-hybridized carbons (Fsp3) is 1.00. The van der Waals surface area contributed by atoms with Gasteiger partial charge >= 0.3 is 0 Å². The predicted molar refractivity (Wildman–Crippen MR) is 559 cm³/mol. The van der Waals surface area contributed by atoms with Crippen molar-refractivity contribution < 1.29 is 28.1 Å².